The van der Waals surface area contributed by atoms with E-state index in [1.807, 2.05) is 48.5 Å². The monoisotopic (exact) mass is 451 g/mol. The SMILES string of the molecule is C=CCOc1ccccc1C=Nn1c(-c2cc3c(OC)cccc3o2)nc2ccccc2c1=O. The molecule has 3 aromatic carbocycles. The summed E-state index contributed by atoms with van der Waals surface area (Å²) in [6.07, 6.45) is 3.24. The number of hydrogen-bond acceptors (Lipinski definition) is 6. The standard InChI is InChI=1S/C27H21N3O4/c1-3-15-33-22-12-7-4-9-18(22)17-28-30-26(29-21-11-6-5-10-19(21)27(30)31)25-16-20-23(32-2)13-8-14-24(20)34-25/h3-14,16-17H,1,15H2,2H3. The smallest absolute Gasteiger partial charge is 0.282 e. The van der Waals surface area contributed by atoms with E-state index >= 15 is 0 Å². The van der Waals surface area contributed by atoms with Crippen LogP contribution in [0.2, 0.25) is 0 Å². The molecule has 0 bridgehead atoms. The average molecular weight is 451 g/mol. The van der Waals surface area contributed by atoms with Crippen LogP contribution >= 0.6 is 0 Å². The molecule has 0 unspecified atom stereocenters. The molecule has 168 valence electrons. The van der Waals surface area contributed by atoms with E-state index in [0.717, 1.165) is 5.39 Å². The Bertz CT molecular complexity index is 1600. The van der Waals surface area contributed by atoms with Gasteiger partial charge in [0.1, 0.15) is 23.7 Å². The van der Waals surface area contributed by atoms with Crippen LogP contribution in [-0.4, -0.2) is 29.6 Å². The van der Waals surface area contributed by atoms with Gasteiger partial charge in [0.05, 0.1) is 29.6 Å². The van der Waals surface area contributed by atoms with Crippen LogP contribution < -0.4 is 15.0 Å². The molecule has 2 aromatic heterocycles. The van der Waals surface area contributed by atoms with Gasteiger partial charge in [0.15, 0.2) is 5.76 Å². The van der Waals surface area contributed by atoms with Crippen molar-refractivity contribution in [1.82, 2.24) is 9.66 Å². The first-order chi connectivity index (χ1) is 16.7. The number of para-hydroxylation sites is 2. The number of hydrogen-bond donors (Lipinski definition) is 0. The van der Waals surface area contributed by atoms with E-state index in [-0.39, 0.29) is 11.4 Å². The van der Waals surface area contributed by atoms with E-state index in [2.05, 4.69) is 11.7 Å². The highest BCUT2D eigenvalue weighted by atomic mass is 16.5. The van der Waals surface area contributed by atoms with E-state index in [4.69, 9.17) is 18.9 Å². The van der Waals surface area contributed by atoms with E-state index < -0.39 is 0 Å². The lowest BCUT2D eigenvalue weighted by Crippen LogP contribution is -2.20. The molecule has 0 saturated carbocycles. The van der Waals surface area contributed by atoms with Gasteiger partial charge in [-0.1, -0.05) is 43.0 Å². The molecule has 0 aliphatic carbocycles. The zero-order valence-electron chi connectivity index (χ0n) is 18.5. The number of benzene rings is 3. The van der Waals surface area contributed by atoms with Crippen LogP contribution in [0.5, 0.6) is 11.5 Å². The average Bonchev–Trinajstić information content (AvgIpc) is 3.32. The zero-order valence-corrected chi connectivity index (χ0v) is 18.5. The van der Waals surface area contributed by atoms with Crippen molar-refractivity contribution in [1.29, 1.82) is 0 Å². The predicted octanol–water partition coefficient (Wildman–Crippen LogP) is 5.27. The van der Waals surface area contributed by atoms with E-state index in [9.17, 15) is 4.79 Å². The van der Waals surface area contributed by atoms with Crippen LogP contribution in [-0.2, 0) is 0 Å². The molecule has 2 heterocycles. The third-order valence-corrected chi connectivity index (χ3v) is 5.30. The Morgan fingerprint density at radius 2 is 1.82 bits per heavy atom. The summed E-state index contributed by atoms with van der Waals surface area (Å²) in [5, 5.41) is 5.73. The number of methoxy groups -OCH3 is 1. The van der Waals surface area contributed by atoms with Crippen molar-refractivity contribution in [2.75, 3.05) is 13.7 Å². The Labute approximate surface area is 195 Å². The molecule has 0 atom stereocenters. The topological polar surface area (TPSA) is 78.8 Å². The first-order valence-corrected chi connectivity index (χ1v) is 10.7. The Morgan fingerprint density at radius 3 is 2.68 bits per heavy atom. The largest absolute Gasteiger partial charge is 0.496 e. The Hall–Kier alpha value is -4.65. The Kier molecular flexibility index (Phi) is 5.66. The number of fused-ring (bicyclic) bond motifs is 2. The summed E-state index contributed by atoms with van der Waals surface area (Å²) < 4.78 is 18.5. The van der Waals surface area contributed by atoms with Crippen molar-refractivity contribution >= 4 is 28.1 Å². The molecule has 0 fully saturated rings. The van der Waals surface area contributed by atoms with Crippen LogP contribution in [0, 0.1) is 0 Å². The maximum Gasteiger partial charge on any atom is 0.282 e. The van der Waals surface area contributed by atoms with Crippen LogP contribution in [0.4, 0.5) is 0 Å². The van der Waals surface area contributed by atoms with Gasteiger partial charge in [0.2, 0.25) is 5.82 Å². The van der Waals surface area contributed by atoms with Crippen molar-refractivity contribution in [2.24, 2.45) is 5.10 Å². The highest BCUT2D eigenvalue weighted by Gasteiger charge is 2.18. The second-order valence-electron chi connectivity index (χ2n) is 7.43. The minimum absolute atomic E-state index is 0.280. The molecule has 0 N–H and O–H groups in total. The Morgan fingerprint density at radius 1 is 1.03 bits per heavy atom. The van der Waals surface area contributed by atoms with Gasteiger partial charge in [-0.3, -0.25) is 4.79 Å². The van der Waals surface area contributed by atoms with Crippen molar-refractivity contribution in [3.05, 3.63) is 101 Å². The second-order valence-corrected chi connectivity index (χ2v) is 7.43. The van der Waals surface area contributed by atoms with Gasteiger partial charge in [0, 0.05) is 5.56 Å². The Balaban J connectivity index is 1.70. The number of aromatic nitrogens is 2. The van der Waals surface area contributed by atoms with Crippen LogP contribution in [0.1, 0.15) is 5.56 Å². The zero-order chi connectivity index (χ0) is 23.5. The summed E-state index contributed by atoms with van der Waals surface area (Å²) in [6.45, 7) is 4.04. The van der Waals surface area contributed by atoms with Crippen LogP contribution in [0.15, 0.2) is 99.8 Å². The predicted molar refractivity (Wildman–Crippen MR) is 133 cm³/mol. The van der Waals surface area contributed by atoms with Crippen LogP contribution in [0.3, 0.4) is 0 Å². The summed E-state index contributed by atoms with van der Waals surface area (Å²) >= 11 is 0. The van der Waals surface area contributed by atoms with Crippen molar-refractivity contribution < 1.29 is 13.9 Å². The lowest BCUT2D eigenvalue weighted by atomic mass is 10.2. The molecule has 7 heteroatoms. The second kappa shape index (κ2) is 9.07. The first-order valence-electron chi connectivity index (χ1n) is 10.7. The van der Waals surface area contributed by atoms with Gasteiger partial charge in [-0.25, -0.2) is 4.98 Å². The van der Waals surface area contributed by atoms with Gasteiger partial charge in [0.25, 0.3) is 5.56 Å². The molecular weight excluding hydrogens is 430 g/mol. The molecule has 0 saturated heterocycles. The molecule has 34 heavy (non-hydrogen) atoms. The van der Waals surface area contributed by atoms with Crippen LogP contribution in [0.25, 0.3) is 33.5 Å². The number of furan rings is 1. The quantitative estimate of drug-likeness (QED) is 0.249. The van der Waals surface area contributed by atoms with Crippen molar-refractivity contribution in [2.45, 2.75) is 0 Å². The number of ether oxygens (including phenoxy) is 2. The molecule has 5 rings (SSSR count). The van der Waals surface area contributed by atoms with Gasteiger partial charge in [-0.05, 0) is 42.5 Å². The highest BCUT2D eigenvalue weighted by molar-refractivity contribution is 5.89. The number of rotatable bonds is 7. The molecule has 0 amide bonds. The lowest BCUT2D eigenvalue weighted by molar-refractivity contribution is 0.362. The summed E-state index contributed by atoms with van der Waals surface area (Å²) in [4.78, 5) is 18.1. The van der Waals surface area contributed by atoms with E-state index in [1.165, 1.54) is 4.68 Å². The maximum absolute atomic E-state index is 13.4. The molecule has 0 aliphatic rings. The van der Waals surface area contributed by atoms with Gasteiger partial charge in [-0.2, -0.15) is 9.78 Å². The summed E-state index contributed by atoms with van der Waals surface area (Å²) in [7, 11) is 1.60. The fourth-order valence-electron chi connectivity index (χ4n) is 3.70. The molecule has 0 radical (unpaired) electrons. The molecule has 0 aliphatic heterocycles. The van der Waals surface area contributed by atoms with E-state index in [0.29, 0.717) is 45.9 Å². The fourth-order valence-corrected chi connectivity index (χ4v) is 3.70. The maximum atomic E-state index is 13.4. The lowest BCUT2D eigenvalue weighted by Gasteiger charge is -2.09. The summed E-state index contributed by atoms with van der Waals surface area (Å²) in [5.74, 6) is 1.97. The molecule has 5 aromatic rings. The van der Waals surface area contributed by atoms with Gasteiger partial charge >= 0.3 is 0 Å². The minimum atomic E-state index is -0.311. The third kappa shape index (κ3) is 3.84. The van der Waals surface area contributed by atoms with Gasteiger partial charge in [-0.15, -0.1) is 0 Å². The van der Waals surface area contributed by atoms with Crippen molar-refractivity contribution in [3.8, 4) is 23.1 Å². The van der Waals surface area contributed by atoms with Crippen molar-refractivity contribution in [3.63, 3.8) is 0 Å². The molecule has 7 nitrogen and oxygen atoms in total. The fraction of sp³-hybridized carbons (Fsp3) is 0.0741. The first kappa shape index (κ1) is 21.2. The third-order valence-electron chi connectivity index (χ3n) is 5.30. The minimum Gasteiger partial charge on any atom is -0.496 e. The van der Waals surface area contributed by atoms with E-state index in [1.54, 1.807) is 43.7 Å². The number of nitrogens with zero attached hydrogens (tertiary/aromatic N) is 3. The normalized spacial score (nSPS) is 11.3. The summed E-state index contributed by atoms with van der Waals surface area (Å²) in [6, 6.07) is 21.9. The summed E-state index contributed by atoms with van der Waals surface area (Å²) in [5.41, 5.74) is 1.57. The molecule has 0 spiro atoms. The van der Waals surface area contributed by atoms with Gasteiger partial charge < -0.3 is 13.9 Å². The molecular formula is C27H21N3O4. The highest BCUT2D eigenvalue weighted by Crippen LogP contribution is 2.32.